The molecule has 0 N–H and O–H groups in total. The standard InChI is InChI=1S/C53H32N4/c1-4-15-35(16-5-1)50-54-51(36-17-6-2-7-18-36)56-52(55-50)37-29-27-34(28-30-37)38-31-32-45-48(33-38)57-47-26-13-11-21-41(47)42-22-14-25-46(49(42)57)53(45)43-23-9-3-8-19-39(43)40-20-10-12-24-44(40)53/h1-8,10-33H. The summed E-state index contributed by atoms with van der Waals surface area (Å²) in [6, 6.07) is 60.6. The largest absolute Gasteiger partial charge is 0.309 e. The van der Waals surface area contributed by atoms with Crippen LogP contribution in [0.5, 0.6) is 0 Å². The molecule has 1 unspecified atom stereocenters. The summed E-state index contributed by atoms with van der Waals surface area (Å²) in [7, 11) is 0. The Labute approximate surface area is 329 Å². The Kier molecular flexibility index (Phi) is 6.77. The Hall–Kier alpha value is -7.65. The van der Waals surface area contributed by atoms with Crippen LogP contribution in [0.2, 0.25) is 0 Å². The molecule has 0 radical (unpaired) electrons. The highest BCUT2D eigenvalue weighted by atomic mass is 15.0. The van der Waals surface area contributed by atoms with Gasteiger partial charge < -0.3 is 4.57 Å². The van der Waals surface area contributed by atoms with Crippen LogP contribution in [0.4, 0.5) is 0 Å². The first-order chi connectivity index (χ1) is 28.3. The third-order valence-electron chi connectivity index (χ3n) is 11.9. The van der Waals surface area contributed by atoms with E-state index in [9.17, 15) is 0 Å². The third-order valence-corrected chi connectivity index (χ3v) is 11.9. The Morgan fingerprint density at radius 3 is 1.82 bits per heavy atom. The van der Waals surface area contributed by atoms with E-state index in [1.807, 2.05) is 66.7 Å². The molecule has 3 heterocycles. The van der Waals surface area contributed by atoms with Gasteiger partial charge in [0.05, 0.1) is 22.1 Å². The minimum absolute atomic E-state index is 0.519. The van der Waals surface area contributed by atoms with Gasteiger partial charge in [0.15, 0.2) is 17.5 Å². The van der Waals surface area contributed by atoms with Gasteiger partial charge in [0, 0.05) is 27.5 Å². The summed E-state index contributed by atoms with van der Waals surface area (Å²) in [6.07, 6.45) is 8.61. The van der Waals surface area contributed by atoms with Crippen molar-refractivity contribution < 1.29 is 0 Å². The maximum Gasteiger partial charge on any atom is 0.164 e. The van der Waals surface area contributed by atoms with Gasteiger partial charge in [-0.1, -0.05) is 170 Å². The number of aromatic nitrogens is 4. The highest BCUT2D eigenvalue weighted by Crippen LogP contribution is 2.60. The number of allylic oxidation sites excluding steroid dienone is 5. The van der Waals surface area contributed by atoms with Crippen LogP contribution in [0.3, 0.4) is 0 Å². The van der Waals surface area contributed by atoms with E-state index in [1.165, 1.54) is 60.9 Å². The van der Waals surface area contributed by atoms with Crippen LogP contribution >= 0.6 is 0 Å². The molecule has 0 bridgehead atoms. The van der Waals surface area contributed by atoms with Crippen LogP contribution in [0, 0.1) is 0 Å². The summed E-state index contributed by atoms with van der Waals surface area (Å²) in [4.78, 5) is 14.8. The van der Waals surface area contributed by atoms with E-state index < -0.39 is 5.41 Å². The monoisotopic (exact) mass is 724 g/mol. The topological polar surface area (TPSA) is 43.6 Å². The number of nitrogens with zero attached hydrogens (tertiary/aromatic N) is 4. The van der Waals surface area contributed by atoms with Crippen molar-refractivity contribution in [1.29, 1.82) is 0 Å². The van der Waals surface area contributed by atoms with Crippen molar-refractivity contribution in [1.82, 2.24) is 19.5 Å². The molecular weight excluding hydrogens is 693 g/mol. The van der Waals surface area contributed by atoms with Crippen molar-refractivity contribution in [3.63, 3.8) is 0 Å². The minimum atomic E-state index is -0.519. The molecule has 9 aromatic rings. The summed E-state index contributed by atoms with van der Waals surface area (Å²) in [5.41, 5.74) is 19.4. The molecule has 0 fully saturated rings. The van der Waals surface area contributed by atoms with Gasteiger partial charge in [0.1, 0.15) is 0 Å². The fraction of sp³-hybridized carbons (Fsp3) is 0.0189. The van der Waals surface area contributed by atoms with Crippen LogP contribution in [-0.4, -0.2) is 19.5 Å². The second-order valence-corrected chi connectivity index (χ2v) is 14.9. The van der Waals surface area contributed by atoms with Crippen molar-refractivity contribution in [3.05, 3.63) is 228 Å². The fourth-order valence-corrected chi connectivity index (χ4v) is 9.49. The number of rotatable bonds is 4. The second kappa shape index (κ2) is 12.2. The summed E-state index contributed by atoms with van der Waals surface area (Å²) in [6.45, 7) is 0. The van der Waals surface area contributed by atoms with Crippen molar-refractivity contribution in [2.75, 3.05) is 0 Å². The summed E-state index contributed by atoms with van der Waals surface area (Å²) in [5.74, 6) is 1.95. The zero-order valence-corrected chi connectivity index (χ0v) is 30.8. The van der Waals surface area contributed by atoms with Gasteiger partial charge in [0.2, 0.25) is 0 Å². The molecule has 2 aromatic heterocycles. The molecule has 12 rings (SSSR count). The highest BCUT2D eigenvalue weighted by Gasteiger charge is 2.51. The highest BCUT2D eigenvalue weighted by molar-refractivity contribution is 6.13. The van der Waals surface area contributed by atoms with Gasteiger partial charge in [-0.15, -0.1) is 5.73 Å². The van der Waals surface area contributed by atoms with E-state index in [0.29, 0.717) is 17.5 Å². The van der Waals surface area contributed by atoms with E-state index in [2.05, 4.69) is 138 Å². The summed E-state index contributed by atoms with van der Waals surface area (Å²) >= 11 is 0. The lowest BCUT2D eigenvalue weighted by molar-refractivity contribution is 0.742. The quantitative estimate of drug-likeness (QED) is 0.170. The zero-order chi connectivity index (χ0) is 37.5. The van der Waals surface area contributed by atoms with Crippen LogP contribution in [-0.2, 0) is 5.41 Å². The SMILES string of the molecule is C1=CC=CC2=C(C=1)C1(c3ccccc32)c2ccc(-c3ccc(-c4nc(-c5ccccc5)nc(-c5ccccc5)n4)cc3)cc2-n2c3ccccc3c3cccc1c32. The second-order valence-electron chi connectivity index (χ2n) is 14.9. The van der Waals surface area contributed by atoms with Gasteiger partial charge in [-0.3, -0.25) is 0 Å². The maximum atomic E-state index is 4.98. The maximum absolute atomic E-state index is 4.98. The molecular formula is C53H32N4. The van der Waals surface area contributed by atoms with Crippen molar-refractivity contribution in [2.24, 2.45) is 0 Å². The number of hydrogen-bond donors (Lipinski definition) is 0. The first kappa shape index (κ1) is 31.7. The Balaban J connectivity index is 1.06. The molecule has 57 heavy (non-hydrogen) atoms. The van der Waals surface area contributed by atoms with E-state index in [1.54, 1.807) is 0 Å². The summed E-state index contributed by atoms with van der Waals surface area (Å²) < 4.78 is 2.51. The van der Waals surface area contributed by atoms with Gasteiger partial charge in [-0.05, 0) is 68.8 Å². The van der Waals surface area contributed by atoms with Crippen LogP contribution in [0.15, 0.2) is 205 Å². The molecule has 4 heteroatoms. The smallest absolute Gasteiger partial charge is 0.164 e. The number of benzene rings is 7. The molecule has 7 aromatic carbocycles. The van der Waals surface area contributed by atoms with E-state index in [0.717, 1.165) is 27.8 Å². The van der Waals surface area contributed by atoms with Crippen molar-refractivity contribution >= 4 is 27.4 Å². The molecule has 0 saturated heterocycles. The van der Waals surface area contributed by atoms with Gasteiger partial charge in [0.25, 0.3) is 0 Å². The molecule has 264 valence electrons. The van der Waals surface area contributed by atoms with Crippen molar-refractivity contribution in [2.45, 2.75) is 5.41 Å². The van der Waals surface area contributed by atoms with Crippen LogP contribution in [0.1, 0.15) is 22.3 Å². The molecule has 2 aliphatic carbocycles. The average Bonchev–Trinajstić information content (AvgIpc) is 3.63. The van der Waals surface area contributed by atoms with Gasteiger partial charge in [-0.25, -0.2) is 15.0 Å². The first-order valence-electron chi connectivity index (χ1n) is 19.4. The van der Waals surface area contributed by atoms with Gasteiger partial charge >= 0.3 is 0 Å². The Morgan fingerprint density at radius 1 is 0.474 bits per heavy atom. The van der Waals surface area contributed by atoms with Crippen LogP contribution in [0.25, 0.3) is 78.4 Å². The lowest BCUT2D eigenvalue weighted by atomic mass is 9.64. The molecule has 4 nitrogen and oxygen atoms in total. The molecule has 1 spiro atoms. The number of para-hydroxylation sites is 2. The number of hydrogen-bond acceptors (Lipinski definition) is 3. The molecule has 0 saturated carbocycles. The molecule has 1 atom stereocenters. The predicted molar refractivity (Wildman–Crippen MR) is 231 cm³/mol. The van der Waals surface area contributed by atoms with E-state index >= 15 is 0 Å². The van der Waals surface area contributed by atoms with E-state index in [4.69, 9.17) is 15.0 Å². The Bertz CT molecular complexity index is 3200. The molecule has 1 aliphatic heterocycles. The van der Waals surface area contributed by atoms with E-state index in [-0.39, 0.29) is 0 Å². The molecule has 0 amide bonds. The summed E-state index contributed by atoms with van der Waals surface area (Å²) in [5, 5.41) is 2.52. The lowest BCUT2D eigenvalue weighted by Gasteiger charge is -2.40. The first-order valence-corrected chi connectivity index (χ1v) is 19.4. The normalized spacial score (nSPS) is 15.9. The van der Waals surface area contributed by atoms with Crippen LogP contribution < -0.4 is 0 Å². The molecule has 3 aliphatic rings. The van der Waals surface area contributed by atoms with Gasteiger partial charge in [-0.2, -0.15) is 0 Å². The van der Waals surface area contributed by atoms with Crippen molar-refractivity contribution in [3.8, 4) is 51.0 Å². The average molecular weight is 725 g/mol. The third kappa shape index (κ3) is 4.53. The lowest BCUT2D eigenvalue weighted by Crippen LogP contribution is -2.34. The Morgan fingerprint density at radius 2 is 1.07 bits per heavy atom. The zero-order valence-electron chi connectivity index (χ0n) is 30.8. The minimum Gasteiger partial charge on any atom is -0.309 e. The fourth-order valence-electron chi connectivity index (χ4n) is 9.49. The number of fused-ring (bicyclic) bond motifs is 11. The predicted octanol–water partition coefficient (Wildman–Crippen LogP) is 12.3.